The van der Waals surface area contributed by atoms with Gasteiger partial charge in [-0.1, -0.05) is 42.7 Å². The van der Waals surface area contributed by atoms with Crippen LogP contribution in [0.3, 0.4) is 0 Å². The van der Waals surface area contributed by atoms with Crippen molar-refractivity contribution in [1.29, 1.82) is 0 Å². The predicted octanol–water partition coefficient (Wildman–Crippen LogP) is 4.62. The Kier molecular flexibility index (Phi) is 7.29. The van der Waals surface area contributed by atoms with Crippen molar-refractivity contribution in [3.05, 3.63) is 65.1 Å². The number of hydrogen-bond acceptors (Lipinski definition) is 5. The van der Waals surface area contributed by atoms with E-state index in [0.29, 0.717) is 22.6 Å². The second-order valence-electron chi connectivity index (χ2n) is 7.40. The van der Waals surface area contributed by atoms with Crippen LogP contribution in [0.15, 0.2) is 53.1 Å². The summed E-state index contributed by atoms with van der Waals surface area (Å²) in [6, 6.07) is 10.1. The van der Waals surface area contributed by atoms with Crippen molar-refractivity contribution >= 4 is 40.9 Å². The fourth-order valence-corrected chi connectivity index (χ4v) is 3.02. The van der Waals surface area contributed by atoms with E-state index in [4.69, 9.17) is 16.1 Å². The zero-order valence-electron chi connectivity index (χ0n) is 17.6. The predicted molar refractivity (Wildman–Crippen MR) is 120 cm³/mol. The molecular weight excluding hydrogens is 455 g/mol. The van der Waals surface area contributed by atoms with Crippen molar-refractivity contribution in [1.82, 2.24) is 10.5 Å². The summed E-state index contributed by atoms with van der Waals surface area (Å²) in [6.07, 6.45) is 0. The third-order valence-corrected chi connectivity index (χ3v) is 4.86. The van der Waals surface area contributed by atoms with E-state index >= 15 is 0 Å². The molecule has 0 saturated heterocycles. The molecule has 33 heavy (non-hydrogen) atoms. The minimum Gasteiger partial charge on any atom is -0.480 e. The smallest absolute Gasteiger partial charge is 0.326 e. The van der Waals surface area contributed by atoms with Crippen LogP contribution in [-0.4, -0.2) is 34.2 Å². The van der Waals surface area contributed by atoms with Gasteiger partial charge >= 0.3 is 12.0 Å². The summed E-state index contributed by atoms with van der Waals surface area (Å²) in [4.78, 5) is 35.7. The summed E-state index contributed by atoms with van der Waals surface area (Å²) < 4.78 is 18.3. The van der Waals surface area contributed by atoms with E-state index < -0.39 is 29.8 Å². The number of carboxylic acid groups (broad SMARTS) is 1. The molecule has 9 nitrogen and oxygen atoms in total. The van der Waals surface area contributed by atoms with E-state index in [2.05, 4.69) is 21.1 Å². The van der Waals surface area contributed by atoms with Crippen LogP contribution in [0.1, 0.15) is 24.4 Å². The normalized spacial score (nSPS) is 11.7. The van der Waals surface area contributed by atoms with Gasteiger partial charge in [-0.15, -0.1) is 0 Å². The van der Waals surface area contributed by atoms with Crippen molar-refractivity contribution in [2.75, 3.05) is 10.6 Å². The Morgan fingerprint density at radius 2 is 1.67 bits per heavy atom. The molecule has 0 saturated carbocycles. The molecule has 0 fully saturated rings. The molecule has 1 atom stereocenters. The van der Waals surface area contributed by atoms with Gasteiger partial charge in [-0.3, -0.25) is 4.79 Å². The Morgan fingerprint density at radius 1 is 1.03 bits per heavy atom. The van der Waals surface area contributed by atoms with E-state index in [9.17, 15) is 23.9 Å². The number of halogens is 2. The monoisotopic (exact) mass is 474 g/mol. The van der Waals surface area contributed by atoms with Crippen LogP contribution < -0.4 is 16.0 Å². The number of anilines is 2. The molecule has 0 bridgehead atoms. The number of aromatic nitrogens is 1. The van der Waals surface area contributed by atoms with E-state index in [1.54, 1.807) is 38.1 Å². The Hall–Kier alpha value is -3.92. The number of nitrogens with zero attached hydrogens (tertiary/aromatic N) is 1. The van der Waals surface area contributed by atoms with Gasteiger partial charge in [0, 0.05) is 23.0 Å². The van der Waals surface area contributed by atoms with Crippen LogP contribution in [-0.2, 0) is 4.79 Å². The summed E-state index contributed by atoms with van der Waals surface area (Å²) in [5, 5.41) is 20.5. The maximum atomic E-state index is 13.2. The zero-order valence-corrected chi connectivity index (χ0v) is 18.3. The van der Waals surface area contributed by atoms with Gasteiger partial charge in [0.15, 0.2) is 0 Å². The van der Waals surface area contributed by atoms with Gasteiger partial charge in [-0.05, 0) is 36.2 Å². The first-order chi connectivity index (χ1) is 15.6. The van der Waals surface area contributed by atoms with Gasteiger partial charge in [0.05, 0.1) is 5.02 Å². The van der Waals surface area contributed by atoms with Crippen LogP contribution in [0, 0.1) is 11.7 Å². The molecule has 0 aliphatic carbocycles. The highest BCUT2D eigenvalue weighted by Gasteiger charge is 2.25. The number of hydrogen-bond donors (Lipinski definition) is 4. The zero-order chi connectivity index (χ0) is 24.1. The lowest BCUT2D eigenvalue weighted by atomic mass is 10.0. The van der Waals surface area contributed by atoms with Crippen molar-refractivity contribution in [3.8, 4) is 11.3 Å². The molecule has 0 aliphatic rings. The van der Waals surface area contributed by atoms with Crippen molar-refractivity contribution in [2.45, 2.75) is 19.9 Å². The maximum Gasteiger partial charge on any atom is 0.326 e. The highest BCUT2D eigenvalue weighted by molar-refractivity contribution is 6.31. The molecule has 11 heteroatoms. The topological polar surface area (TPSA) is 134 Å². The van der Waals surface area contributed by atoms with Gasteiger partial charge in [0.1, 0.15) is 17.6 Å². The van der Waals surface area contributed by atoms with Gasteiger partial charge in [-0.25, -0.2) is 14.0 Å². The second-order valence-corrected chi connectivity index (χ2v) is 7.80. The molecule has 172 valence electrons. The summed E-state index contributed by atoms with van der Waals surface area (Å²) in [5.41, 5.74) is 1.75. The van der Waals surface area contributed by atoms with E-state index in [1.165, 1.54) is 18.2 Å². The SMILES string of the molecule is CC(C)C(NC(=O)c1cc(-c2ccc(NC(=O)Nc3ccc(F)c(Cl)c3)cc2)no1)C(=O)O. The highest BCUT2D eigenvalue weighted by atomic mass is 35.5. The minimum atomic E-state index is -1.15. The maximum absolute atomic E-state index is 13.2. The largest absolute Gasteiger partial charge is 0.480 e. The number of carbonyl (C=O) groups excluding carboxylic acids is 2. The highest BCUT2D eigenvalue weighted by Crippen LogP contribution is 2.23. The average Bonchev–Trinajstić information content (AvgIpc) is 3.25. The minimum absolute atomic E-state index is 0.111. The summed E-state index contributed by atoms with van der Waals surface area (Å²) in [6.45, 7) is 3.35. The number of carbonyl (C=O) groups is 3. The molecule has 1 heterocycles. The summed E-state index contributed by atoms with van der Waals surface area (Å²) in [5.74, 6) is -2.87. The number of rotatable bonds is 7. The number of aliphatic carboxylic acids is 1. The molecule has 0 spiro atoms. The van der Waals surface area contributed by atoms with Gasteiger partial charge in [0.2, 0.25) is 5.76 Å². The molecule has 0 radical (unpaired) electrons. The van der Waals surface area contributed by atoms with E-state index in [0.717, 1.165) is 6.07 Å². The molecule has 4 N–H and O–H groups in total. The molecular formula is C22H20ClFN4O5. The van der Waals surface area contributed by atoms with Gasteiger partial charge in [0.25, 0.3) is 5.91 Å². The molecule has 0 aliphatic heterocycles. The summed E-state index contributed by atoms with van der Waals surface area (Å²) in [7, 11) is 0. The Labute approximate surface area is 192 Å². The Balaban J connectivity index is 1.62. The number of benzene rings is 2. The number of urea groups is 1. The van der Waals surface area contributed by atoms with Crippen LogP contribution >= 0.6 is 11.6 Å². The molecule has 3 amide bonds. The average molecular weight is 475 g/mol. The standard InChI is InChI=1S/C22H20ClFN4O5/c1-11(2)19(21(30)31)27-20(29)18-10-17(28-33-18)12-3-5-13(6-4-12)25-22(32)26-14-7-8-16(24)15(23)9-14/h3-11,19H,1-2H3,(H,27,29)(H,30,31)(H2,25,26,32). The van der Waals surface area contributed by atoms with Crippen LogP contribution in [0.2, 0.25) is 5.02 Å². The first-order valence-electron chi connectivity index (χ1n) is 9.78. The first-order valence-corrected chi connectivity index (χ1v) is 10.2. The third kappa shape index (κ3) is 6.07. The fourth-order valence-electron chi connectivity index (χ4n) is 2.84. The molecule has 3 rings (SSSR count). The quantitative estimate of drug-likeness (QED) is 0.395. The van der Waals surface area contributed by atoms with Crippen LogP contribution in [0.25, 0.3) is 11.3 Å². The van der Waals surface area contributed by atoms with E-state index in [-0.39, 0.29) is 16.7 Å². The van der Waals surface area contributed by atoms with Gasteiger partial charge < -0.3 is 25.6 Å². The second kappa shape index (κ2) is 10.1. The Bertz CT molecular complexity index is 1180. The molecule has 1 aromatic heterocycles. The molecule has 1 unspecified atom stereocenters. The lowest BCUT2D eigenvalue weighted by molar-refractivity contribution is -0.140. The molecule has 2 aromatic carbocycles. The van der Waals surface area contributed by atoms with Crippen LogP contribution in [0.4, 0.5) is 20.6 Å². The first kappa shape index (κ1) is 23.7. The van der Waals surface area contributed by atoms with E-state index in [1.807, 2.05) is 0 Å². The van der Waals surface area contributed by atoms with Crippen LogP contribution in [0.5, 0.6) is 0 Å². The fraction of sp³-hybridized carbons (Fsp3) is 0.182. The molecule has 3 aromatic rings. The number of amides is 3. The number of nitrogens with one attached hydrogen (secondary N) is 3. The van der Waals surface area contributed by atoms with Gasteiger partial charge in [-0.2, -0.15) is 0 Å². The Morgan fingerprint density at radius 3 is 2.27 bits per heavy atom. The lowest BCUT2D eigenvalue weighted by Crippen LogP contribution is -2.44. The number of carboxylic acids is 1. The van der Waals surface area contributed by atoms with Crippen molar-refractivity contribution in [2.24, 2.45) is 5.92 Å². The lowest BCUT2D eigenvalue weighted by Gasteiger charge is -2.16. The third-order valence-electron chi connectivity index (χ3n) is 4.57. The van der Waals surface area contributed by atoms with Crippen molar-refractivity contribution in [3.63, 3.8) is 0 Å². The van der Waals surface area contributed by atoms with Crippen molar-refractivity contribution < 1.29 is 28.4 Å². The summed E-state index contributed by atoms with van der Waals surface area (Å²) >= 11 is 5.70.